The van der Waals surface area contributed by atoms with E-state index in [-0.39, 0.29) is 6.54 Å². The predicted molar refractivity (Wildman–Crippen MR) is 102 cm³/mol. The molecule has 1 rings (SSSR count). The van der Waals surface area contributed by atoms with Crippen LogP contribution in [0.25, 0.3) is 0 Å². The van der Waals surface area contributed by atoms with Crippen molar-refractivity contribution < 1.29 is 8.42 Å². The summed E-state index contributed by atoms with van der Waals surface area (Å²) in [6.07, 6.45) is 6.29. The Morgan fingerprint density at radius 2 is 2.00 bits per heavy atom. The van der Waals surface area contributed by atoms with E-state index < -0.39 is 14.6 Å². The summed E-state index contributed by atoms with van der Waals surface area (Å²) in [6, 6.07) is 0.691. The van der Waals surface area contributed by atoms with E-state index in [9.17, 15) is 8.42 Å². The Kier molecular flexibility index (Phi) is 8.50. The maximum Gasteiger partial charge on any atom is 0.191 e. The SMILES string of the molecule is CCNC(=NCC(C)(C)S(C)(=O)=O)NCCCN1CCCCC1C. The van der Waals surface area contributed by atoms with Crippen molar-refractivity contribution in [2.45, 2.75) is 64.2 Å². The average Bonchev–Trinajstić information content (AvgIpc) is 2.49. The molecule has 1 heterocycles. The largest absolute Gasteiger partial charge is 0.357 e. The summed E-state index contributed by atoms with van der Waals surface area (Å²) in [6.45, 7) is 11.9. The summed E-state index contributed by atoms with van der Waals surface area (Å²) < 4.78 is 22.7. The Morgan fingerprint density at radius 3 is 2.58 bits per heavy atom. The van der Waals surface area contributed by atoms with Gasteiger partial charge in [-0.1, -0.05) is 6.42 Å². The zero-order valence-corrected chi connectivity index (χ0v) is 16.9. The number of rotatable bonds is 8. The third-order valence-electron chi connectivity index (χ3n) is 4.82. The lowest BCUT2D eigenvalue weighted by Crippen LogP contribution is -2.42. The number of aliphatic imine (C=N–C) groups is 1. The maximum atomic E-state index is 11.8. The molecule has 0 aromatic heterocycles. The number of piperidine rings is 1. The van der Waals surface area contributed by atoms with Gasteiger partial charge < -0.3 is 15.5 Å². The minimum Gasteiger partial charge on any atom is -0.357 e. The first-order chi connectivity index (χ1) is 11.2. The van der Waals surface area contributed by atoms with Crippen LogP contribution in [0.1, 0.15) is 53.4 Å². The monoisotopic (exact) mass is 360 g/mol. The number of nitrogens with one attached hydrogen (secondary N) is 2. The number of likely N-dealkylation sites (tertiary alicyclic amines) is 1. The summed E-state index contributed by atoms with van der Waals surface area (Å²) in [5, 5.41) is 6.50. The Labute approximate surface area is 148 Å². The molecule has 0 spiro atoms. The van der Waals surface area contributed by atoms with Crippen molar-refractivity contribution in [2.75, 3.05) is 39.0 Å². The van der Waals surface area contributed by atoms with E-state index in [0.717, 1.165) is 26.1 Å². The molecule has 1 saturated heterocycles. The van der Waals surface area contributed by atoms with Crippen LogP contribution in [-0.4, -0.2) is 69.0 Å². The van der Waals surface area contributed by atoms with Gasteiger partial charge in [0, 0.05) is 31.9 Å². The van der Waals surface area contributed by atoms with Crippen molar-refractivity contribution >= 4 is 15.8 Å². The van der Waals surface area contributed by atoms with E-state index in [2.05, 4.69) is 27.4 Å². The zero-order valence-electron chi connectivity index (χ0n) is 16.1. The van der Waals surface area contributed by atoms with E-state index in [1.807, 2.05) is 6.92 Å². The van der Waals surface area contributed by atoms with Crippen LogP contribution in [0.4, 0.5) is 0 Å². The molecule has 1 aliphatic heterocycles. The van der Waals surface area contributed by atoms with E-state index in [4.69, 9.17) is 0 Å². The van der Waals surface area contributed by atoms with Gasteiger partial charge in [0.15, 0.2) is 15.8 Å². The molecular weight excluding hydrogens is 324 g/mol. The van der Waals surface area contributed by atoms with Crippen LogP contribution in [0.5, 0.6) is 0 Å². The predicted octanol–water partition coefficient (Wildman–Crippen LogP) is 1.63. The summed E-state index contributed by atoms with van der Waals surface area (Å²) in [4.78, 5) is 7.01. The van der Waals surface area contributed by atoms with Gasteiger partial charge in [-0.15, -0.1) is 0 Å². The minimum absolute atomic E-state index is 0.254. The van der Waals surface area contributed by atoms with Gasteiger partial charge >= 0.3 is 0 Å². The number of nitrogens with zero attached hydrogens (tertiary/aromatic N) is 2. The Hall–Kier alpha value is -0.820. The van der Waals surface area contributed by atoms with Crippen molar-refractivity contribution in [1.82, 2.24) is 15.5 Å². The molecule has 0 aromatic rings. The lowest BCUT2D eigenvalue weighted by atomic mass is 10.0. The normalized spacial score (nSPS) is 20.9. The molecule has 0 amide bonds. The first-order valence-corrected chi connectivity index (χ1v) is 11.0. The second-order valence-corrected chi connectivity index (χ2v) is 10.0. The quantitative estimate of drug-likeness (QED) is 0.391. The van der Waals surface area contributed by atoms with Gasteiger partial charge in [-0.3, -0.25) is 4.99 Å². The van der Waals surface area contributed by atoms with Crippen molar-refractivity contribution in [3.63, 3.8) is 0 Å². The molecule has 142 valence electrons. The second kappa shape index (κ2) is 9.61. The van der Waals surface area contributed by atoms with E-state index in [1.54, 1.807) is 13.8 Å². The summed E-state index contributed by atoms with van der Waals surface area (Å²) in [5.41, 5.74) is 0. The fraction of sp³-hybridized carbons (Fsp3) is 0.941. The molecule has 1 fully saturated rings. The van der Waals surface area contributed by atoms with E-state index >= 15 is 0 Å². The first-order valence-electron chi connectivity index (χ1n) is 9.13. The molecule has 7 heteroatoms. The van der Waals surface area contributed by atoms with Gasteiger partial charge in [-0.05, 0) is 53.5 Å². The third kappa shape index (κ3) is 6.97. The molecule has 0 aliphatic carbocycles. The van der Waals surface area contributed by atoms with Crippen LogP contribution in [0.2, 0.25) is 0 Å². The molecule has 0 radical (unpaired) electrons. The van der Waals surface area contributed by atoms with Gasteiger partial charge in [0.2, 0.25) is 0 Å². The topological polar surface area (TPSA) is 73.8 Å². The second-order valence-electron chi connectivity index (χ2n) is 7.39. The number of hydrogen-bond acceptors (Lipinski definition) is 4. The van der Waals surface area contributed by atoms with Gasteiger partial charge in [-0.2, -0.15) is 0 Å². The van der Waals surface area contributed by atoms with Crippen molar-refractivity contribution in [2.24, 2.45) is 4.99 Å². The van der Waals surface area contributed by atoms with Crippen molar-refractivity contribution in [3.05, 3.63) is 0 Å². The highest BCUT2D eigenvalue weighted by Gasteiger charge is 2.29. The number of sulfone groups is 1. The Morgan fingerprint density at radius 1 is 1.29 bits per heavy atom. The van der Waals surface area contributed by atoms with Crippen molar-refractivity contribution in [1.29, 1.82) is 0 Å². The van der Waals surface area contributed by atoms with Crippen LogP contribution in [0, 0.1) is 0 Å². The molecule has 24 heavy (non-hydrogen) atoms. The molecule has 0 saturated carbocycles. The van der Waals surface area contributed by atoms with Crippen LogP contribution in [0.3, 0.4) is 0 Å². The molecule has 0 bridgehead atoms. The smallest absolute Gasteiger partial charge is 0.191 e. The third-order valence-corrected chi connectivity index (χ3v) is 6.96. The van der Waals surface area contributed by atoms with Crippen LogP contribution in [-0.2, 0) is 9.84 Å². The molecule has 2 N–H and O–H groups in total. The van der Waals surface area contributed by atoms with Gasteiger partial charge in [0.25, 0.3) is 0 Å². The lowest BCUT2D eigenvalue weighted by Gasteiger charge is -2.33. The molecule has 1 aliphatic rings. The van der Waals surface area contributed by atoms with Gasteiger partial charge in [0.1, 0.15) is 0 Å². The fourth-order valence-corrected chi connectivity index (χ4v) is 3.01. The van der Waals surface area contributed by atoms with Gasteiger partial charge in [-0.25, -0.2) is 8.42 Å². The minimum atomic E-state index is -3.13. The summed E-state index contributed by atoms with van der Waals surface area (Å²) in [7, 11) is -3.13. The zero-order chi connectivity index (χ0) is 18.2. The van der Waals surface area contributed by atoms with Crippen LogP contribution < -0.4 is 10.6 Å². The highest BCUT2D eigenvalue weighted by Crippen LogP contribution is 2.16. The van der Waals surface area contributed by atoms with E-state index in [1.165, 1.54) is 32.1 Å². The lowest BCUT2D eigenvalue weighted by molar-refractivity contribution is 0.159. The average molecular weight is 361 g/mol. The standard InChI is InChI=1S/C17H36N4O2S/c1-6-18-16(20-14-17(3,4)24(5,22)23)19-11-9-13-21-12-8-7-10-15(21)2/h15H,6-14H2,1-5H3,(H2,18,19,20). The highest BCUT2D eigenvalue weighted by atomic mass is 32.2. The van der Waals surface area contributed by atoms with Gasteiger partial charge in [0.05, 0.1) is 11.3 Å². The Balaban J connectivity index is 2.44. The molecule has 1 atom stereocenters. The van der Waals surface area contributed by atoms with E-state index in [0.29, 0.717) is 12.0 Å². The molecule has 6 nitrogen and oxygen atoms in total. The molecule has 1 unspecified atom stereocenters. The fourth-order valence-electron chi connectivity index (χ4n) is 2.71. The van der Waals surface area contributed by atoms with Crippen molar-refractivity contribution in [3.8, 4) is 0 Å². The molecular formula is C17H36N4O2S. The van der Waals surface area contributed by atoms with Crippen LogP contribution >= 0.6 is 0 Å². The number of hydrogen-bond donors (Lipinski definition) is 2. The maximum absolute atomic E-state index is 11.8. The summed E-state index contributed by atoms with van der Waals surface area (Å²) in [5.74, 6) is 0.695. The molecule has 0 aromatic carbocycles. The highest BCUT2D eigenvalue weighted by molar-refractivity contribution is 7.92. The summed E-state index contributed by atoms with van der Waals surface area (Å²) >= 11 is 0. The number of guanidine groups is 1. The van der Waals surface area contributed by atoms with Crippen LogP contribution in [0.15, 0.2) is 4.99 Å². The Bertz CT molecular complexity index is 503. The first kappa shape index (κ1) is 21.2.